The molecule has 1 saturated carbocycles. The normalized spacial score (nSPS) is 15.8. The van der Waals surface area contributed by atoms with Crippen LogP contribution in [0.3, 0.4) is 0 Å². The molecule has 42 heavy (non-hydrogen) atoms. The van der Waals surface area contributed by atoms with E-state index in [1.165, 1.54) is 50.5 Å². The highest BCUT2D eigenvalue weighted by Gasteiger charge is 2.24. The summed E-state index contributed by atoms with van der Waals surface area (Å²) in [5.41, 5.74) is 2.33. The van der Waals surface area contributed by atoms with E-state index in [1.807, 2.05) is 30.3 Å². The summed E-state index contributed by atoms with van der Waals surface area (Å²) in [6.07, 6.45) is 13.8. The highest BCUT2D eigenvalue weighted by atomic mass is 32.2. The minimum absolute atomic E-state index is 0.172. The Bertz CT molecular complexity index is 1300. The molecule has 1 aromatic carbocycles. The third-order valence-corrected chi connectivity index (χ3v) is 8.25. The lowest BCUT2D eigenvalue weighted by molar-refractivity contribution is -0.109. The number of aromatic nitrogens is 3. The second kappa shape index (κ2) is 16.9. The van der Waals surface area contributed by atoms with Crippen molar-refractivity contribution in [3.63, 3.8) is 0 Å². The van der Waals surface area contributed by atoms with E-state index in [0.29, 0.717) is 37.0 Å². The Balaban J connectivity index is 0.000000952. The maximum atomic E-state index is 13.3. The zero-order valence-electron chi connectivity index (χ0n) is 24.5. The smallest absolute Gasteiger partial charge is 0.258 e. The first-order valence-corrected chi connectivity index (χ1v) is 15.7. The third kappa shape index (κ3) is 9.04. The van der Waals surface area contributed by atoms with Gasteiger partial charge in [-0.1, -0.05) is 37.8 Å². The fourth-order valence-electron chi connectivity index (χ4n) is 5.38. The summed E-state index contributed by atoms with van der Waals surface area (Å²) in [5.74, 6) is 1.02. The lowest BCUT2D eigenvalue weighted by atomic mass is 9.95. The first-order valence-electron chi connectivity index (χ1n) is 14.9. The van der Waals surface area contributed by atoms with Gasteiger partial charge in [0.1, 0.15) is 12.1 Å². The number of piperidine rings is 1. The van der Waals surface area contributed by atoms with E-state index in [0.717, 1.165) is 48.4 Å². The predicted octanol–water partition coefficient (Wildman–Crippen LogP) is 5.20. The maximum absolute atomic E-state index is 13.3. The van der Waals surface area contributed by atoms with Gasteiger partial charge in [0.15, 0.2) is 0 Å². The highest BCUT2D eigenvalue weighted by molar-refractivity contribution is 7.97. The van der Waals surface area contributed by atoms with Crippen molar-refractivity contribution in [1.82, 2.24) is 29.5 Å². The quantitative estimate of drug-likeness (QED) is 0.114. The molecule has 0 bridgehead atoms. The Hall–Kier alpha value is -3.41. The number of hydrogen-bond donors (Lipinski definition) is 3. The number of likely N-dealkylation sites (tertiary alicyclic amines) is 1. The second-order valence-corrected chi connectivity index (χ2v) is 11.5. The minimum Gasteiger partial charge on any atom is -0.476 e. The number of anilines is 1. The molecule has 11 heteroatoms. The molecule has 0 radical (unpaired) electrons. The Morgan fingerprint density at radius 1 is 1.14 bits per heavy atom. The number of imidazole rings is 1. The van der Waals surface area contributed by atoms with Crippen LogP contribution in [0.5, 0.6) is 5.88 Å². The van der Waals surface area contributed by atoms with Crippen LogP contribution in [0.1, 0.15) is 67.8 Å². The van der Waals surface area contributed by atoms with E-state index >= 15 is 0 Å². The SMILES string of the molecule is C=CCNSc1cccc(C(=O)Nc2nc3cnc(OCCN4CCCCC4)cc3n2C2CCCCC2)c1.CNC=O. The summed E-state index contributed by atoms with van der Waals surface area (Å²) in [6.45, 7) is 8.26. The summed E-state index contributed by atoms with van der Waals surface area (Å²) in [4.78, 5) is 35.1. The predicted molar refractivity (Wildman–Crippen MR) is 169 cm³/mol. The average Bonchev–Trinajstić information content (AvgIpc) is 3.39. The first-order chi connectivity index (χ1) is 20.6. The van der Waals surface area contributed by atoms with Crippen LogP contribution in [0.2, 0.25) is 0 Å². The molecule has 1 aliphatic heterocycles. The van der Waals surface area contributed by atoms with E-state index in [4.69, 9.17) is 14.5 Å². The summed E-state index contributed by atoms with van der Waals surface area (Å²) < 4.78 is 11.5. The molecule has 0 atom stereocenters. The van der Waals surface area contributed by atoms with E-state index < -0.39 is 0 Å². The standard InChI is InChI=1S/C29H38N6O2S.C2H5NO/c1-2-14-31-38-24-13-9-10-22(19-24)28(36)33-29-32-25-21-30-27(37-18-17-34-15-7-4-8-16-34)20-26(25)35(29)23-11-5-3-6-12-23;1-3-2-4/h2,9-10,13,19-21,23,31H,1,3-8,11-12,14-18H2,(H,32,33,36);2H,1H3,(H,3,4). The van der Waals surface area contributed by atoms with E-state index in [-0.39, 0.29) is 11.9 Å². The number of rotatable bonds is 12. The van der Waals surface area contributed by atoms with Gasteiger partial charge in [0.05, 0.1) is 11.7 Å². The van der Waals surface area contributed by atoms with Crippen LogP contribution in [-0.4, -0.2) is 71.6 Å². The van der Waals surface area contributed by atoms with Crippen LogP contribution < -0.4 is 20.1 Å². The average molecular weight is 594 g/mol. The van der Waals surface area contributed by atoms with Gasteiger partial charge in [-0.15, -0.1) is 6.58 Å². The van der Waals surface area contributed by atoms with Crippen molar-refractivity contribution in [2.75, 3.05) is 45.2 Å². The lowest BCUT2D eigenvalue weighted by Gasteiger charge is -2.26. The monoisotopic (exact) mass is 593 g/mol. The molecule has 3 heterocycles. The summed E-state index contributed by atoms with van der Waals surface area (Å²) in [5, 5.41) is 5.36. The van der Waals surface area contributed by atoms with Crippen LogP contribution in [0.4, 0.5) is 5.95 Å². The Morgan fingerprint density at radius 3 is 2.64 bits per heavy atom. The molecule has 2 aromatic heterocycles. The fraction of sp³-hybridized carbons (Fsp3) is 0.484. The molecule has 1 aliphatic carbocycles. The zero-order valence-corrected chi connectivity index (χ0v) is 25.3. The van der Waals surface area contributed by atoms with Gasteiger partial charge >= 0.3 is 0 Å². The molecule has 1 saturated heterocycles. The molecule has 0 unspecified atom stereocenters. The lowest BCUT2D eigenvalue weighted by Crippen LogP contribution is -2.33. The van der Waals surface area contributed by atoms with Gasteiger partial charge in [0, 0.05) is 42.7 Å². The number of carbonyl (C=O) groups excluding carboxylic acids is 2. The second-order valence-electron chi connectivity index (χ2n) is 10.5. The van der Waals surface area contributed by atoms with E-state index in [9.17, 15) is 4.79 Å². The van der Waals surface area contributed by atoms with Crippen molar-refractivity contribution >= 4 is 41.2 Å². The van der Waals surface area contributed by atoms with Crippen molar-refractivity contribution in [1.29, 1.82) is 0 Å². The summed E-state index contributed by atoms with van der Waals surface area (Å²) in [6, 6.07) is 9.88. The first kappa shape index (κ1) is 31.5. The van der Waals surface area contributed by atoms with Crippen molar-refractivity contribution in [2.45, 2.75) is 62.3 Å². The van der Waals surface area contributed by atoms with Crippen molar-refractivity contribution in [3.8, 4) is 5.88 Å². The van der Waals surface area contributed by atoms with Crippen molar-refractivity contribution in [3.05, 3.63) is 54.7 Å². The number of nitrogens with one attached hydrogen (secondary N) is 3. The molecule has 2 amide bonds. The maximum Gasteiger partial charge on any atom is 0.258 e. The van der Waals surface area contributed by atoms with Gasteiger partial charge in [-0.3, -0.25) is 24.5 Å². The van der Waals surface area contributed by atoms with Crippen LogP contribution in [-0.2, 0) is 4.79 Å². The topological polar surface area (TPSA) is 113 Å². The van der Waals surface area contributed by atoms with Gasteiger partial charge in [-0.05, 0) is 68.9 Å². The largest absolute Gasteiger partial charge is 0.476 e. The Labute approximate surface area is 252 Å². The molecule has 2 fully saturated rings. The number of pyridine rings is 1. The number of carbonyl (C=O) groups is 2. The number of ether oxygens (including phenoxy) is 1. The molecule has 0 spiro atoms. The van der Waals surface area contributed by atoms with Gasteiger partial charge in [0.2, 0.25) is 18.2 Å². The van der Waals surface area contributed by atoms with Crippen molar-refractivity contribution < 1.29 is 14.3 Å². The van der Waals surface area contributed by atoms with Gasteiger partial charge < -0.3 is 14.6 Å². The Morgan fingerprint density at radius 2 is 1.90 bits per heavy atom. The fourth-order valence-corrected chi connectivity index (χ4v) is 6.08. The van der Waals surface area contributed by atoms with Crippen LogP contribution >= 0.6 is 11.9 Å². The molecule has 3 N–H and O–H groups in total. The number of benzene rings is 1. The van der Waals surface area contributed by atoms with Crippen LogP contribution in [0.25, 0.3) is 11.0 Å². The van der Waals surface area contributed by atoms with Crippen LogP contribution in [0, 0.1) is 0 Å². The number of fused-ring (bicyclic) bond motifs is 1. The number of nitrogens with zero attached hydrogens (tertiary/aromatic N) is 4. The number of amides is 2. The van der Waals surface area contributed by atoms with Crippen molar-refractivity contribution in [2.24, 2.45) is 0 Å². The highest BCUT2D eigenvalue weighted by Crippen LogP contribution is 2.35. The zero-order chi connectivity index (χ0) is 29.6. The third-order valence-electron chi connectivity index (χ3n) is 7.45. The van der Waals surface area contributed by atoms with Gasteiger partial charge in [0.25, 0.3) is 5.91 Å². The summed E-state index contributed by atoms with van der Waals surface area (Å²) >= 11 is 1.48. The van der Waals surface area contributed by atoms with Crippen LogP contribution in [0.15, 0.2) is 54.1 Å². The number of hydrogen-bond acceptors (Lipinski definition) is 8. The summed E-state index contributed by atoms with van der Waals surface area (Å²) in [7, 11) is 1.56. The Kier molecular flexibility index (Phi) is 12.7. The van der Waals surface area contributed by atoms with Gasteiger partial charge in [-0.2, -0.15) is 0 Å². The van der Waals surface area contributed by atoms with Gasteiger partial charge in [-0.25, -0.2) is 9.97 Å². The molecular weight excluding hydrogens is 550 g/mol. The molecule has 3 aromatic rings. The molecule has 10 nitrogen and oxygen atoms in total. The van der Waals surface area contributed by atoms with E-state index in [1.54, 1.807) is 19.3 Å². The minimum atomic E-state index is -0.172. The molecule has 2 aliphatic rings. The molecule has 5 rings (SSSR count). The molecular formula is C31H43N7O3S. The molecule has 226 valence electrons. The van der Waals surface area contributed by atoms with E-state index in [2.05, 4.69) is 36.4 Å².